The molecule has 2 N–H and O–H groups in total. The van der Waals surface area contributed by atoms with Crippen LogP contribution < -0.4 is 9.44 Å². The van der Waals surface area contributed by atoms with Crippen LogP contribution in [0.5, 0.6) is 0 Å². The van der Waals surface area contributed by atoms with Crippen molar-refractivity contribution in [3.8, 4) is 0 Å². The Hall–Kier alpha value is -3.17. The normalized spacial score (nSPS) is 12.0. The largest absolute Gasteiger partial charge is 0.280 e. The lowest BCUT2D eigenvalue weighted by Gasteiger charge is -2.09. The van der Waals surface area contributed by atoms with E-state index in [9.17, 15) is 21.2 Å². The summed E-state index contributed by atoms with van der Waals surface area (Å²) in [6, 6.07) is 19.1. The van der Waals surface area contributed by atoms with Crippen LogP contribution in [0.3, 0.4) is 0 Å². The van der Waals surface area contributed by atoms with Crippen LogP contribution in [0.4, 0.5) is 15.8 Å². The van der Waals surface area contributed by atoms with Crippen molar-refractivity contribution >= 4 is 37.5 Å². The van der Waals surface area contributed by atoms with Crippen LogP contribution in [-0.4, -0.2) is 16.8 Å². The molecule has 0 heterocycles. The number of sulfonamides is 2. The molecular formula is C20H17FN2O4S2. The summed E-state index contributed by atoms with van der Waals surface area (Å²) in [4.78, 5) is -0.0882. The minimum atomic E-state index is -3.88. The van der Waals surface area contributed by atoms with Crippen LogP contribution >= 0.6 is 0 Å². The van der Waals surface area contributed by atoms with Gasteiger partial charge in [-0.2, -0.15) is 0 Å². The molecule has 0 spiro atoms. The summed E-state index contributed by atoms with van der Waals surface area (Å²) >= 11 is 0. The lowest BCUT2D eigenvalue weighted by Crippen LogP contribution is -2.13. The van der Waals surface area contributed by atoms with E-state index in [0.29, 0.717) is 0 Å². The second-order valence-corrected chi connectivity index (χ2v) is 9.25. The second kappa shape index (κ2) is 8.46. The number of hydrogen-bond acceptors (Lipinski definition) is 4. The molecular weight excluding hydrogens is 415 g/mol. The fourth-order valence-corrected chi connectivity index (χ4v) is 4.29. The Morgan fingerprint density at radius 2 is 1.24 bits per heavy atom. The highest BCUT2D eigenvalue weighted by atomic mass is 32.2. The molecule has 0 aliphatic carbocycles. The summed E-state index contributed by atoms with van der Waals surface area (Å²) in [5.41, 5.74) is 1.24. The molecule has 29 heavy (non-hydrogen) atoms. The standard InChI is InChI=1S/C20H17FN2O4S2/c21-17-6-12-20(13-7-17)29(26,27)23-19-10-8-18(9-11-19)22-28(24,25)15-14-16-4-2-1-3-5-16/h1-15,22-23H/b15-14+. The molecule has 0 saturated carbocycles. The lowest BCUT2D eigenvalue weighted by atomic mass is 10.2. The van der Waals surface area contributed by atoms with Gasteiger partial charge in [-0.3, -0.25) is 9.44 Å². The first-order valence-electron chi connectivity index (χ1n) is 8.38. The van der Waals surface area contributed by atoms with E-state index in [0.717, 1.165) is 35.2 Å². The summed E-state index contributed by atoms with van der Waals surface area (Å²) < 4.78 is 66.6. The van der Waals surface area contributed by atoms with Gasteiger partial charge in [-0.25, -0.2) is 21.2 Å². The maximum Gasteiger partial charge on any atom is 0.261 e. The van der Waals surface area contributed by atoms with E-state index in [4.69, 9.17) is 0 Å². The molecule has 3 aromatic rings. The van der Waals surface area contributed by atoms with Crippen molar-refractivity contribution in [3.05, 3.63) is 95.7 Å². The SMILES string of the molecule is O=S(=O)(/C=C/c1ccccc1)Nc1ccc(NS(=O)(=O)c2ccc(F)cc2)cc1. The summed E-state index contributed by atoms with van der Waals surface area (Å²) in [5.74, 6) is -0.540. The summed E-state index contributed by atoms with van der Waals surface area (Å²) in [6.45, 7) is 0. The van der Waals surface area contributed by atoms with Crippen molar-refractivity contribution in [2.45, 2.75) is 4.90 Å². The molecule has 0 saturated heterocycles. The zero-order valence-electron chi connectivity index (χ0n) is 15.0. The third-order valence-corrected chi connectivity index (χ3v) is 6.17. The fraction of sp³-hybridized carbons (Fsp3) is 0. The topological polar surface area (TPSA) is 92.3 Å². The van der Waals surface area contributed by atoms with Gasteiger partial charge in [0.05, 0.1) is 10.3 Å². The number of hydrogen-bond donors (Lipinski definition) is 2. The van der Waals surface area contributed by atoms with Crippen LogP contribution in [0.15, 0.2) is 89.2 Å². The lowest BCUT2D eigenvalue weighted by molar-refractivity contribution is 0.599. The molecule has 150 valence electrons. The van der Waals surface area contributed by atoms with E-state index in [1.54, 1.807) is 24.3 Å². The number of anilines is 2. The van der Waals surface area contributed by atoms with Crippen molar-refractivity contribution in [3.63, 3.8) is 0 Å². The summed E-state index contributed by atoms with van der Waals surface area (Å²) in [7, 11) is -7.62. The first kappa shape index (κ1) is 20.6. The van der Waals surface area contributed by atoms with Crippen LogP contribution in [0.25, 0.3) is 6.08 Å². The van der Waals surface area contributed by atoms with Gasteiger partial charge in [0.2, 0.25) is 0 Å². The molecule has 0 fully saturated rings. The van der Waals surface area contributed by atoms with Gasteiger partial charge >= 0.3 is 0 Å². The Labute approximate surface area is 168 Å². The first-order chi connectivity index (χ1) is 13.7. The van der Waals surface area contributed by atoms with E-state index >= 15 is 0 Å². The predicted octanol–water partition coefficient (Wildman–Crippen LogP) is 4.04. The van der Waals surface area contributed by atoms with Crippen molar-refractivity contribution in [1.82, 2.24) is 0 Å². The van der Waals surface area contributed by atoms with Crippen molar-refractivity contribution in [2.75, 3.05) is 9.44 Å². The van der Waals surface area contributed by atoms with Gasteiger partial charge in [0.15, 0.2) is 0 Å². The molecule has 0 amide bonds. The van der Waals surface area contributed by atoms with E-state index in [1.165, 1.54) is 30.3 Å². The third-order valence-electron chi connectivity index (χ3n) is 3.76. The number of benzene rings is 3. The van der Waals surface area contributed by atoms with Gasteiger partial charge in [-0.05, 0) is 60.2 Å². The predicted molar refractivity (Wildman–Crippen MR) is 112 cm³/mol. The highest BCUT2D eigenvalue weighted by molar-refractivity contribution is 7.95. The molecule has 0 unspecified atom stereocenters. The smallest absolute Gasteiger partial charge is 0.261 e. The summed E-state index contributed by atoms with van der Waals surface area (Å²) in [5, 5.41) is 1.05. The van der Waals surface area contributed by atoms with Crippen molar-refractivity contribution in [1.29, 1.82) is 0 Å². The Kier molecular flexibility index (Phi) is 6.00. The van der Waals surface area contributed by atoms with E-state index in [2.05, 4.69) is 9.44 Å². The second-order valence-electron chi connectivity index (χ2n) is 6.00. The molecule has 0 radical (unpaired) electrons. The van der Waals surface area contributed by atoms with Crippen LogP contribution in [-0.2, 0) is 20.0 Å². The van der Waals surface area contributed by atoms with Crippen LogP contribution in [0.2, 0.25) is 0 Å². The Balaban J connectivity index is 1.68. The average Bonchev–Trinajstić information content (AvgIpc) is 2.69. The Morgan fingerprint density at radius 1 is 0.690 bits per heavy atom. The minimum absolute atomic E-state index is 0.0882. The van der Waals surface area contributed by atoms with Crippen LogP contribution in [0.1, 0.15) is 5.56 Å². The molecule has 6 nitrogen and oxygen atoms in total. The molecule has 0 aliphatic rings. The maximum absolute atomic E-state index is 13.0. The monoisotopic (exact) mass is 432 g/mol. The zero-order chi connectivity index (χ0) is 20.9. The Morgan fingerprint density at radius 3 is 1.83 bits per heavy atom. The fourth-order valence-electron chi connectivity index (χ4n) is 2.36. The summed E-state index contributed by atoms with van der Waals surface area (Å²) in [6.07, 6.45) is 1.47. The van der Waals surface area contributed by atoms with E-state index < -0.39 is 25.9 Å². The van der Waals surface area contributed by atoms with Crippen LogP contribution in [0, 0.1) is 5.82 Å². The van der Waals surface area contributed by atoms with Crippen molar-refractivity contribution in [2.24, 2.45) is 0 Å². The van der Waals surface area contributed by atoms with Gasteiger partial charge in [0, 0.05) is 11.4 Å². The quantitative estimate of drug-likeness (QED) is 0.589. The first-order valence-corrected chi connectivity index (χ1v) is 11.4. The highest BCUT2D eigenvalue weighted by Gasteiger charge is 2.14. The third kappa shape index (κ3) is 5.90. The van der Waals surface area contributed by atoms with Gasteiger partial charge < -0.3 is 0 Å². The van der Waals surface area contributed by atoms with E-state index in [1.807, 2.05) is 6.07 Å². The van der Waals surface area contributed by atoms with Gasteiger partial charge in [0.25, 0.3) is 20.0 Å². The average molecular weight is 432 g/mol. The zero-order valence-corrected chi connectivity index (χ0v) is 16.6. The van der Waals surface area contributed by atoms with Crippen molar-refractivity contribution < 1.29 is 21.2 Å². The molecule has 0 bridgehead atoms. The van der Waals surface area contributed by atoms with Gasteiger partial charge in [0.1, 0.15) is 5.82 Å². The Bertz CT molecular complexity index is 1210. The minimum Gasteiger partial charge on any atom is -0.280 e. The molecule has 9 heteroatoms. The molecule has 3 rings (SSSR count). The molecule has 0 aromatic heterocycles. The van der Waals surface area contributed by atoms with Gasteiger partial charge in [-0.15, -0.1) is 0 Å². The molecule has 3 aromatic carbocycles. The number of rotatable bonds is 7. The number of halogens is 1. The number of nitrogens with one attached hydrogen (secondary N) is 2. The highest BCUT2D eigenvalue weighted by Crippen LogP contribution is 2.19. The molecule has 0 atom stereocenters. The molecule has 0 aliphatic heterocycles. The van der Waals surface area contributed by atoms with E-state index in [-0.39, 0.29) is 16.3 Å². The maximum atomic E-state index is 13.0. The van der Waals surface area contributed by atoms with Gasteiger partial charge in [-0.1, -0.05) is 30.3 Å².